The lowest BCUT2D eigenvalue weighted by molar-refractivity contribution is -0.143. The van der Waals surface area contributed by atoms with E-state index in [1.807, 2.05) is 19.1 Å². The first-order valence-electron chi connectivity index (χ1n) is 8.50. The lowest BCUT2D eigenvalue weighted by Gasteiger charge is -2.37. The molecule has 1 saturated heterocycles. The minimum atomic E-state index is -0.416. The molecule has 1 N–H and O–H groups in total. The van der Waals surface area contributed by atoms with Gasteiger partial charge in [-0.2, -0.15) is 5.01 Å². The number of carbonyl (C=O) groups is 3. The van der Waals surface area contributed by atoms with Gasteiger partial charge in [-0.25, -0.2) is 0 Å². The van der Waals surface area contributed by atoms with Gasteiger partial charge in [0.05, 0.1) is 11.8 Å². The number of hydrogen-bond donors (Lipinski definition) is 1. The largest absolute Gasteiger partial charge is 0.272 e. The fraction of sp³-hybridized carbons (Fsp3) is 0.421. The van der Waals surface area contributed by atoms with Crippen molar-refractivity contribution in [1.82, 2.24) is 10.4 Å². The van der Waals surface area contributed by atoms with Crippen molar-refractivity contribution in [3.63, 3.8) is 0 Å². The van der Waals surface area contributed by atoms with Crippen molar-refractivity contribution < 1.29 is 14.4 Å². The zero-order chi connectivity index (χ0) is 16.6. The fourth-order valence-electron chi connectivity index (χ4n) is 4.94. The summed E-state index contributed by atoms with van der Waals surface area (Å²) < 4.78 is 0. The Bertz CT molecular complexity index is 761. The summed E-state index contributed by atoms with van der Waals surface area (Å²) in [7, 11) is 0. The number of nitrogens with zero attached hydrogens (tertiary/aromatic N) is 1. The van der Waals surface area contributed by atoms with Crippen LogP contribution in [0.1, 0.15) is 22.3 Å². The summed E-state index contributed by atoms with van der Waals surface area (Å²) in [6.07, 6.45) is 5.37. The second kappa shape index (κ2) is 4.56. The van der Waals surface area contributed by atoms with E-state index < -0.39 is 5.91 Å². The zero-order valence-corrected chi connectivity index (χ0v) is 13.3. The first kappa shape index (κ1) is 14.0. The number of carbonyl (C=O) groups excluding carboxylic acids is 3. The van der Waals surface area contributed by atoms with Crippen LogP contribution in [-0.4, -0.2) is 22.7 Å². The monoisotopic (exact) mass is 322 g/mol. The molecule has 0 spiro atoms. The maximum absolute atomic E-state index is 12.8. The van der Waals surface area contributed by atoms with Gasteiger partial charge >= 0.3 is 0 Å². The van der Waals surface area contributed by atoms with Crippen LogP contribution in [0.3, 0.4) is 0 Å². The second-order valence-corrected chi connectivity index (χ2v) is 7.47. The Hall–Kier alpha value is -2.43. The number of hydrogen-bond acceptors (Lipinski definition) is 3. The first-order chi connectivity index (χ1) is 11.6. The highest BCUT2D eigenvalue weighted by Gasteiger charge is 2.67. The lowest BCUT2D eigenvalue weighted by Crippen LogP contribution is -2.46. The SMILES string of the molecule is Cc1ccc(C(=O)NN2C(=O)C3C(C2=O)[C@@H]2C=C[C@H]3[C@H]3C[C@H]32)cc1. The van der Waals surface area contributed by atoms with Crippen LogP contribution in [0.5, 0.6) is 0 Å². The van der Waals surface area contributed by atoms with Crippen LogP contribution in [0.4, 0.5) is 0 Å². The molecule has 4 aliphatic carbocycles. The third kappa shape index (κ3) is 1.72. The molecule has 6 rings (SSSR count). The van der Waals surface area contributed by atoms with Gasteiger partial charge in [-0.15, -0.1) is 0 Å². The maximum atomic E-state index is 12.8. The van der Waals surface area contributed by atoms with E-state index in [0.29, 0.717) is 17.4 Å². The Kier molecular flexibility index (Phi) is 2.65. The van der Waals surface area contributed by atoms with Gasteiger partial charge < -0.3 is 0 Å². The van der Waals surface area contributed by atoms with Crippen molar-refractivity contribution in [2.45, 2.75) is 13.3 Å². The number of nitrogens with one attached hydrogen (secondary N) is 1. The predicted octanol–water partition coefficient (Wildman–Crippen LogP) is 1.69. The van der Waals surface area contributed by atoms with E-state index in [1.54, 1.807) is 12.1 Å². The Labute approximate surface area is 139 Å². The van der Waals surface area contributed by atoms with Crippen molar-refractivity contribution in [1.29, 1.82) is 0 Å². The molecule has 6 atom stereocenters. The van der Waals surface area contributed by atoms with Gasteiger partial charge in [0, 0.05) is 5.56 Å². The van der Waals surface area contributed by atoms with E-state index in [1.165, 1.54) is 0 Å². The molecular weight excluding hydrogens is 304 g/mol. The van der Waals surface area contributed by atoms with Crippen LogP contribution in [0, 0.1) is 42.4 Å². The highest BCUT2D eigenvalue weighted by Crippen LogP contribution is 2.65. The van der Waals surface area contributed by atoms with Gasteiger partial charge in [0.1, 0.15) is 0 Å². The molecule has 2 saturated carbocycles. The van der Waals surface area contributed by atoms with E-state index in [4.69, 9.17) is 0 Å². The number of amides is 3. The van der Waals surface area contributed by atoms with Crippen molar-refractivity contribution in [3.8, 4) is 0 Å². The number of allylic oxidation sites excluding steroid dienone is 2. The zero-order valence-electron chi connectivity index (χ0n) is 13.3. The average Bonchev–Trinajstić information content (AvgIpc) is 3.36. The Balaban J connectivity index is 1.40. The molecule has 2 bridgehead atoms. The first-order valence-corrected chi connectivity index (χ1v) is 8.50. The molecule has 1 aromatic carbocycles. The summed E-state index contributed by atoms with van der Waals surface area (Å²) in [4.78, 5) is 38.0. The number of rotatable bonds is 2. The molecule has 5 nitrogen and oxygen atoms in total. The number of hydrazine groups is 1. The third-order valence-corrected chi connectivity index (χ3v) is 6.19. The predicted molar refractivity (Wildman–Crippen MR) is 85.2 cm³/mol. The number of imide groups is 1. The van der Waals surface area contributed by atoms with Gasteiger partial charge in [-0.05, 0) is 49.1 Å². The molecule has 5 aliphatic rings. The Morgan fingerprint density at radius 3 is 2.08 bits per heavy atom. The van der Waals surface area contributed by atoms with Crippen LogP contribution < -0.4 is 5.43 Å². The molecule has 3 fully saturated rings. The molecule has 0 radical (unpaired) electrons. The topological polar surface area (TPSA) is 66.5 Å². The van der Waals surface area contributed by atoms with E-state index in [9.17, 15) is 14.4 Å². The summed E-state index contributed by atoms with van der Waals surface area (Å²) in [6.45, 7) is 1.94. The quantitative estimate of drug-likeness (QED) is 0.666. The fourth-order valence-corrected chi connectivity index (χ4v) is 4.94. The molecule has 1 aromatic rings. The Morgan fingerprint density at radius 2 is 1.54 bits per heavy atom. The summed E-state index contributed by atoms with van der Waals surface area (Å²) in [5.41, 5.74) is 4.03. The maximum Gasteiger partial charge on any atom is 0.270 e. The number of benzene rings is 1. The van der Waals surface area contributed by atoms with Gasteiger partial charge in [0.15, 0.2) is 0 Å². The second-order valence-electron chi connectivity index (χ2n) is 7.47. The van der Waals surface area contributed by atoms with Gasteiger partial charge in [-0.3, -0.25) is 19.8 Å². The lowest BCUT2D eigenvalue weighted by atomic mass is 9.63. The van der Waals surface area contributed by atoms with Crippen molar-refractivity contribution in [3.05, 3.63) is 47.5 Å². The summed E-state index contributed by atoms with van der Waals surface area (Å²) in [5, 5.41) is 0.981. The van der Waals surface area contributed by atoms with E-state index in [-0.39, 0.29) is 35.5 Å². The van der Waals surface area contributed by atoms with Crippen LogP contribution in [0.15, 0.2) is 36.4 Å². The van der Waals surface area contributed by atoms with Crippen molar-refractivity contribution in [2.75, 3.05) is 0 Å². The summed E-state index contributed by atoms with van der Waals surface area (Å²) in [6, 6.07) is 7.06. The minimum Gasteiger partial charge on any atom is -0.272 e. The molecule has 5 heteroatoms. The van der Waals surface area contributed by atoms with Gasteiger partial charge in [-0.1, -0.05) is 29.8 Å². The molecule has 122 valence electrons. The molecule has 1 heterocycles. The molecule has 3 amide bonds. The van der Waals surface area contributed by atoms with Gasteiger partial charge in [0.25, 0.3) is 17.7 Å². The van der Waals surface area contributed by atoms with Gasteiger partial charge in [0.2, 0.25) is 0 Å². The smallest absolute Gasteiger partial charge is 0.270 e. The molecule has 1 aliphatic heterocycles. The molecule has 0 aromatic heterocycles. The van der Waals surface area contributed by atoms with E-state index in [0.717, 1.165) is 17.0 Å². The third-order valence-electron chi connectivity index (χ3n) is 6.19. The average molecular weight is 322 g/mol. The molecular formula is C19H18N2O3. The standard InChI is InChI=1S/C19H18N2O3/c1-9-2-4-10(5-3-9)17(22)20-21-18(23)15-11-6-7-12(14-8-13(11)14)16(15)19(21)24/h2-7,11-16H,8H2,1H3,(H,20,22)/t11-,12+,13+,14-,15?,16?. The summed E-state index contributed by atoms with van der Waals surface area (Å²) >= 11 is 0. The van der Waals surface area contributed by atoms with Crippen LogP contribution in [-0.2, 0) is 9.59 Å². The molecule has 24 heavy (non-hydrogen) atoms. The minimum absolute atomic E-state index is 0.169. The van der Waals surface area contributed by atoms with Crippen molar-refractivity contribution >= 4 is 17.7 Å². The van der Waals surface area contributed by atoms with Crippen LogP contribution >= 0.6 is 0 Å². The van der Waals surface area contributed by atoms with E-state index in [2.05, 4.69) is 17.6 Å². The molecule has 2 unspecified atom stereocenters. The number of aryl methyl sites for hydroxylation is 1. The summed E-state index contributed by atoms with van der Waals surface area (Å²) in [5.74, 6) is -0.00257. The normalized spacial score (nSPS) is 38.1. The van der Waals surface area contributed by atoms with Crippen LogP contribution in [0.2, 0.25) is 0 Å². The Morgan fingerprint density at radius 1 is 1.00 bits per heavy atom. The highest BCUT2D eigenvalue weighted by atomic mass is 16.2. The van der Waals surface area contributed by atoms with Crippen LogP contribution in [0.25, 0.3) is 0 Å². The highest BCUT2D eigenvalue weighted by molar-refractivity contribution is 6.08. The van der Waals surface area contributed by atoms with E-state index >= 15 is 0 Å². The van der Waals surface area contributed by atoms with Crippen molar-refractivity contribution in [2.24, 2.45) is 35.5 Å².